The van der Waals surface area contributed by atoms with Gasteiger partial charge in [0.15, 0.2) is 0 Å². The van der Waals surface area contributed by atoms with E-state index in [9.17, 15) is 9.59 Å². The Kier molecular flexibility index (Phi) is 8.80. The van der Waals surface area contributed by atoms with Crippen molar-refractivity contribution in [3.63, 3.8) is 0 Å². The molecule has 0 spiro atoms. The summed E-state index contributed by atoms with van der Waals surface area (Å²) in [4.78, 5) is 23.6. The second-order valence-corrected chi connectivity index (χ2v) is 6.02. The number of rotatable bonds is 9. The van der Waals surface area contributed by atoms with Gasteiger partial charge in [0, 0.05) is 12.0 Å². The maximum absolute atomic E-state index is 12.0. The molecule has 0 atom stereocenters. The van der Waals surface area contributed by atoms with Gasteiger partial charge in [-0.05, 0) is 37.0 Å². The van der Waals surface area contributed by atoms with Crippen LogP contribution in [0.5, 0.6) is 5.75 Å². The molecule has 0 aromatic heterocycles. The molecular weight excluding hydrogens is 292 g/mol. The van der Waals surface area contributed by atoms with Crippen LogP contribution in [-0.2, 0) is 4.79 Å². The molecule has 0 saturated carbocycles. The molecule has 2 amide bonds. The average molecular weight is 320 g/mol. The predicted octanol–water partition coefficient (Wildman–Crippen LogP) is 3.45. The van der Waals surface area contributed by atoms with Crippen molar-refractivity contribution < 1.29 is 14.3 Å². The summed E-state index contributed by atoms with van der Waals surface area (Å²) in [7, 11) is 0. The van der Waals surface area contributed by atoms with Crippen LogP contribution in [0, 0.1) is 5.92 Å². The lowest BCUT2D eigenvalue weighted by Crippen LogP contribution is -2.41. The van der Waals surface area contributed by atoms with Crippen LogP contribution in [0.25, 0.3) is 0 Å². The molecule has 5 nitrogen and oxygen atoms in total. The van der Waals surface area contributed by atoms with Crippen molar-refractivity contribution in [1.82, 2.24) is 10.9 Å². The molecule has 23 heavy (non-hydrogen) atoms. The minimum absolute atomic E-state index is 0.170. The van der Waals surface area contributed by atoms with Gasteiger partial charge in [-0.2, -0.15) is 0 Å². The van der Waals surface area contributed by atoms with Gasteiger partial charge in [0.25, 0.3) is 5.91 Å². The van der Waals surface area contributed by atoms with E-state index < -0.39 is 0 Å². The third-order valence-corrected chi connectivity index (χ3v) is 3.38. The normalized spacial score (nSPS) is 10.4. The number of unbranched alkanes of at least 4 members (excludes halogenated alkanes) is 2. The summed E-state index contributed by atoms with van der Waals surface area (Å²) in [6.07, 6.45) is 4.29. The maximum Gasteiger partial charge on any atom is 0.269 e. The molecule has 0 fully saturated rings. The van der Waals surface area contributed by atoms with Crippen LogP contribution in [-0.4, -0.2) is 18.4 Å². The Morgan fingerprint density at radius 1 is 1.17 bits per heavy atom. The number of nitrogens with one attached hydrogen (secondary N) is 2. The van der Waals surface area contributed by atoms with Gasteiger partial charge >= 0.3 is 0 Å². The maximum atomic E-state index is 12.0. The van der Waals surface area contributed by atoms with Crippen molar-refractivity contribution in [2.45, 2.75) is 52.9 Å². The number of carbonyl (C=O) groups excluding carboxylic acids is 2. The van der Waals surface area contributed by atoms with E-state index >= 15 is 0 Å². The third-order valence-electron chi connectivity index (χ3n) is 3.38. The Morgan fingerprint density at radius 2 is 1.96 bits per heavy atom. The van der Waals surface area contributed by atoms with Crippen molar-refractivity contribution in [3.8, 4) is 5.75 Å². The molecule has 1 aromatic carbocycles. The zero-order valence-corrected chi connectivity index (χ0v) is 14.4. The monoisotopic (exact) mass is 320 g/mol. The van der Waals surface area contributed by atoms with Crippen LogP contribution in [0.4, 0.5) is 0 Å². The topological polar surface area (TPSA) is 67.4 Å². The first-order chi connectivity index (χ1) is 11.0. The van der Waals surface area contributed by atoms with E-state index in [0.717, 1.165) is 25.7 Å². The number of ether oxygens (including phenoxy) is 1. The Labute approximate surface area is 138 Å². The van der Waals surface area contributed by atoms with Crippen molar-refractivity contribution in [1.29, 1.82) is 0 Å². The molecule has 0 bridgehead atoms. The summed E-state index contributed by atoms with van der Waals surface area (Å²) in [6.45, 7) is 6.97. The molecule has 0 unspecified atom stereocenters. The quantitative estimate of drug-likeness (QED) is 0.541. The van der Waals surface area contributed by atoms with Gasteiger partial charge in [0.05, 0.1) is 6.61 Å². The minimum atomic E-state index is -0.344. The van der Waals surface area contributed by atoms with E-state index in [1.165, 1.54) is 0 Å². The molecule has 0 aliphatic carbocycles. The molecule has 5 heteroatoms. The van der Waals surface area contributed by atoms with Crippen LogP contribution in [0.2, 0.25) is 0 Å². The zero-order valence-electron chi connectivity index (χ0n) is 14.4. The van der Waals surface area contributed by atoms with E-state index in [2.05, 4.69) is 31.6 Å². The average Bonchev–Trinajstić information content (AvgIpc) is 2.53. The third kappa shape index (κ3) is 8.24. The number of hydrogen-bond donors (Lipinski definition) is 2. The second-order valence-electron chi connectivity index (χ2n) is 6.02. The molecule has 0 heterocycles. The lowest BCUT2D eigenvalue weighted by molar-refractivity contribution is -0.121. The van der Waals surface area contributed by atoms with Gasteiger partial charge in [-0.25, -0.2) is 0 Å². The smallest absolute Gasteiger partial charge is 0.269 e. The molecule has 0 aliphatic heterocycles. The van der Waals surface area contributed by atoms with Crippen molar-refractivity contribution >= 4 is 11.8 Å². The summed E-state index contributed by atoms with van der Waals surface area (Å²) >= 11 is 0. The second kappa shape index (κ2) is 10.6. The number of hydrogen-bond acceptors (Lipinski definition) is 3. The highest BCUT2D eigenvalue weighted by Crippen LogP contribution is 2.14. The van der Waals surface area contributed by atoms with E-state index in [-0.39, 0.29) is 11.8 Å². The molecule has 0 aliphatic rings. The summed E-state index contributed by atoms with van der Waals surface area (Å²) in [5, 5.41) is 0. The first-order valence-electron chi connectivity index (χ1n) is 8.35. The summed E-state index contributed by atoms with van der Waals surface area (Å²) in [5.74, 6) is 0.719. The fourth-order valence-electron chi connectivity index (χ4n) is 1.94. The first-order valence-corrected chi connectivity index (χ1v) is 8.35. The molecule has 1 rings (SSSR count). The van der Waals surface area contributed by atoms with Gasteiger partial charge < -0.3 is 4.74 Å². The van der Waals surface area contributed by atoms with E-state index in [1.54, 1.807) is 18.2 Å². The fraction of sp³-hybridized carbons (Fsp3) is 0.556. The lowest BCUT2D eigenvalue weighted by atomic mass is 10.1. The van der Waals surface area contributed by atoms with Crippen LogP contribution >= 0.6 is 0 Å². The Balaban J connectivity index is 2.42. The highest BCUT2D eigenvalue weighted by atomic mass is 16.5. The number of carbonyl (C=O) groups is 2. The molecule has 2 N–H and O–H groups in total. The van der Waals surface area contributed by atoms with E-state index in [4.69, 9.17) is 4.74 Å². The van der Waals surface area contributed by atoms with E-state index in [0.29, 0.717) is 30.3 Å². The fourth-order valence-corrected chi connectivity index (χ4v) is 1.94. The Bertz CT molecular complexity index is 501. The SMILES string of the molecule is CCCCCC(=O)NNC(=O)c1cccc(OCCC(C)C)c1. The van der Waals surface area contributed by atoms with Gasteiger partial charge in [0.1, 0.15) is 5.75 Å². The summed E-state index contributed by atoms with van der Waals surface area (Å²) in [6, 6.07) is 6.95. The minimum Gasteiger partial charge on any atom is -0.494 e. The Hall–Kier alpha value is -2.04. The highest BCUT2D eigenvalue weighted by Gasteiger charge is 2.08. The summed E-state index contributed by atoms with van der Waals surface area (Å²) in [5.41, 5.74) is 5.33. The molecule has 128 valence electrons. The number of benzene rings is 1. The molecular formula is C18H28N2O3. The number of hydrazine groups is 1. The summed E-state index contributed by atoms with van der Waals surface area (Å²) < 4.78 is 5.63. The molecule has 0 saturated heterocycles. The lowest BCUT2D eigenvalue weighted by Gasteiger charge is -2.10. The van der Waals surface area contributed by atoms with E-state index in [1.807, 2.05) is 6.07 Å². The Morgan fingerprint density at radius 3 is 2.65 bits per heavy atom. The predicted molar refractivity (Wildman–Crippen MR) is 91.1 cm³/mol. The largest absolute Gasteiger partial charge is 0.494 e. The van der Waals surface area contributed by atoms with Gasteiger partial charge in [-0.1, -0.05) is 39.7 Å². The van der Waals surface area contributed by atoms with Gasteiger partial charge in [-0.15, -0.1) is 0 Å². The van der Waals surface area contributed by atoms with Crippen LogP contribution < -0.4 is 15.6 Å². The van der Waals surface area contributed by atoms with Crippen molar-refractivity contribution in [3.05, 3.63) is 29.8 Å². The van der Waals surface area contributed by atoms with Crippen LogP contribution in [0.15, 0.2) is 24.3 Å². The standard InChI is InChI=1S/C18H28N2O3/c1-4-5-6-10-17(21)19-20-18(22)15-8-7-9-16(13-15)23-12-11-14(2)3/h7-9,13-14H,4-6,10-12H2,1-3H3,(H,19,21)(H,20,22). The zero-order chi connectivity index (χ0) is 17.1. The first kappa shape index (κ1) is 19.0. The van der Waals surface area contributed by atoms with Crippen molar-refractivity contribution in [2.75, 3.05) is 6.61 Å². The van der Waals surface area contributed by atoms with Gasteiger partial charge in [-0.3, -0.25) is 20.4 Å². The van der Waals surface area contributed by atoms with Crippen LogP contribution in [0.3, 0.4) is 0 Å². The molecule has 0 radical (unpaired) electrons. The number of amides is 2. The molecule has 1 aromatic rings. The van der Waals surface area contributed by atoms with Crippen molar-refractivity contribution in [2.24, 2.45) is 5.92 Å². The van der Waals surface area contributed by atoms with Gasteiger partial charge in [0.2, 0.25) is 5.91 Å². The van der Waals surface area contributed by atoms with Crippen LogP contribution in [0.1, 0.15) is 63.2 Å². The highest BCUT2D eigenvalue weighted by molar-refractivity contribution is 5.95.